The fraction of sp³-hybridized carbons (Fsp3) is 0.690. The fourth-order valence-corrected chi connectivity index (χ4v) is 8.80. The minimum Gasteiger partial charge on any atom is -0.472 e. The SMILES string of the molecule is CC(=O)OC1CC[C@@]2(C)C(C[C@@H](OC(C)=O)[C@@]3(C)C4=CC(=O)OC(c5ccoc5)C4CCC23)C1(C)C. The number of furan rings is 1. The molecule has 0 radical (unpaired) electrons. The second-order valence-electron chi connectivity index (χ2n) is 12.4. The first kappa shape index (κ1) is 25.1. The highest BCUT2D eigenvalue weighted by molar-refractivity contribution is 5.84. The second kappa shape index (κ2) is 8.49. The summed E-state index contributed by atoms with van der Waals surface area (Å²) in [5.41, 5.74) is 1.03. The lowest BCUT2D eigenvalue weighted by molar-refractivity contribution is -0.226. The summed E-state index contributed by atoms with van der Waals surface area (Å²) in [7, 11) is 0. The molecule has 0 aromatic carbocycles. The Morgan fingerprint density at radius 1 is 0.972 bits per heavy atom. The number of carbonyl (C=O) groups excluding carboxylic acids is 3. The first-order valence-electron chi connectivity index (χ1n) is 13.2. The largest absolute Gasteiger partial charge is 0.472 e. The van der Waals surface area contributed by atoms with Gasteiger partial charge in [0.25, 0.3) is 0 Å². The minimum atomic E-state index is -0.508. The van der Waals surface area contributed by atoms with E-state index in [9.17, 15) is 14.4 Å². The predicted octanol–water partition coefficient (Wildman–Crippen LogP) is 5.55. The molecule has 7 nitrogen and oxygen atoms in total. The molecule has 3 aliphatic carbocycles. The van der Waals surface area contributed by atoms with Crippen LogP contribution in [-0.4, -0.2) is 30.1 Å². The Morgan fingerprint density at radius 2 is 1.67 bits per heavy atom. The molecule has 0 N–H and O–H groups in total. The van der Waals surface area contributed by atoms with Crippen LogP contribution < -0.4 is 0 Å². The molecule has 1 aromatic rings. The lowest BCUT2D eigenvalue weighted by Crippen LogP contribution is -2.65. The summed E-state index contributed by atoms with van der Waals surface area (Å²) in [6.07, 6.45) is 8.12. The van der Waals surface area contributed by atoms with Crippen molar-refractivity contribution in [2.75, 3.05) is 0 Å². The van der Waals surface area contributed by atoms with Gasteiger partial charge in [-0.05, 0) is 61.0 Å². The van der Waals surface area contributed by atoms with E-state index < -0.39 is 17.6 Å². The van der Waals surface area contributed by atoms with Crippen molar-refractivity contribution in [3.8, 4) is 0 Å². The molecule has 36 heavy (non-hydrogen) atoms. The predicted molar refractivity (Wildman–Crippen MR) is 130 cm³/mol. The van der Waals surface area contributed by atoms with Gasteiger partial charge in [0.2, 0.25) is 0 Å². The molecule has 3 saturated carbocycles. The summed E-state index contributed by atoms with van der Waals surface area (Å²) in [5, 5.41) is 0. The van der Waals surface area contributed by atoms with Crippen molar-refractivity contribution < 1.29 is 33.0 Å². The van der Waals surface area contributed by atoms with Gasteiger partial charge in [0, 0.05) is 42.2 Å². The van der Waals surface area contributed by atoms with Crippen molar-refractivity contribution >= 4 is 17.9 Å². The minimum absolute atomic E-state index is 0.00477. The molecule has 3 fully saturated rings. The molecule has 0 amide bonds. The van der Waals surface area contributed by atoms with E-state index in [1.54, 1.807) is 18.6 Å². The zero-order valence-electron chi connectivity index (χ0n) is 22.2. The summed E-state index contributed by atoms with van der Waals surface area (Å²) in [6, 6.07) is 1.86. The lowest BCUT2D eigenvalue weighted by atomic mass is 9.38. The molecule has 0 spiro atoms. The van der Waals surface area contributed by atoms with E-state index in [0.29, 0.717) is 6.42 Å². The van der Waals surface area contributed by atoms with Gasteiger partial charge in [0.1, 0.15) is 18.3 Å². The molecule has 2 heterocycles. The van der Waals surface area contributed by atoms with Crippen LogP contribution in [-0.2, 0) is 28.6 Å². The van der Waals surface area contributed by atoms with Gasteiger partial charge in [-0.2, -0.15) is 0 Å². The van der Waals surface area contributed by atoms with Crippen LogP contribution in [0.5, 0.6) is 0 Å². The summed E-state index contributed by atoms with van der Waals surface area (Å²) >= 11 is 0. The smallest absolute Gasteiger partial charge is 0.331 e. The Kier molecular flexibility index (Phi) is 5.92. The average molecular weight is 499 g/mol. The zero-order valence-corrected chi connectivity index (χ0v) is 22.2. The van der Waals surface area contributed by atoms with Crippen molar-refractivity contribution in [1.82, 2.24) is 0 Å². The van der Waals surface area contributed by atoms with Gasteiger partial charge in [-0.3, -0.25) is 9.59 Å². The first-order valence-corrected chi connectivity index (χ1v) is 13.2. The van der Waals surface area contributed by atoms with Crippen molar-refractivity contribution in [1.29, 1.82) is 0 Å². The number of hydrogen-bond donors (Lipinski definition) is 0. The molecule has 0 bridgehead atoms. The fourth-order valence-electron chi connectivity index (χ4n) is 8.80. The van der Waals surface area contributed by atoms with E-state index in [1.807, 2.05) is 6.07 Å². The highest BCUT2D eigenvalue weighted by Crippen LogP contribution is 2.71. The maximum atomic E-state index is 12.9. The number of cyclic esters (lactones) is 1. The third-order valence-electron chi connectivity index (χ3n) is 10.3. The molecule has 1 aromatic heterocycles. The van der Waals surface area contributed by atoms with E-state index in [0.717, 1.165) is 36.8 Å². The zero-order chi connectivity index (χ0) is 26.0. The van der Waals surface area contributed by atoms with Crippen LogP contribution in [0.1, 0.15) is 85.3 Å². The van der Waals surface area contributed by atoms with Crippen LogP contribution >= 0.6 is 0 Å². The van der Waals surface area contributed by atoms with E-state index in [1.165, 1.54) is 13.8 Å². The van der Waals surface area contributed by atoms with E-state index >= 15 is 0 Å². The summed E-state index contributed by atoms with van der Waals surface area (Å²) in [6.45, 7) is 11.9. The Balaban J connectivity index is 1.60. The van der Waals surface area contributed by atoms with Gasteiger partial charge in [-0.15, -0.1) is 0 Å². The maximum absolute atomic E-state index is 12.9. The Hall–Kier alpha value is -2.57. The number of fused-ring (bicyclic) bond motifs is 5. The van der Waals surface area contributed by atoms with Crippen molar-refractivity contribution in [2.45, 2.75) is 92.0 Å². The molecular formula is C29H38O7. The standard InChI is InChI=1S/C29H38O7/c1-16(30)34-23-9-11-28(5)21-8-7-19-20(13-25(32)36-26(19)18-10-12-33-15-18)29(21,6)24(35-17(2)31)14-22(28)27(23,3)4/h10,12-13,15,19,21-24,26H,7-9,11,14H2,1-6H3/t19?,21?,22?,23?,24-,26?,28-,29+/m1/s1. The van der Waals surface area contributed by atoms with Gasteiger partial charge in [0.05, 0.1) is 12.5 Å². The molecule has 4 aliphatic rings. The van der Waals surface area contributed by atoms with E-state index in [4.69, 9.17) is 18.6 Å². The molecule has 5 unspecified atom stereocenters. The van der Waals surface area contributed by atoms with Crippen LogP contribution in [0.2, 0.25) is 0 Å². The summed E-state index contributed by atoms with van der Waals surface area (Å²) in [4.78, 5) is 37.2. The van der Waals surface area contributed by atoms with Crippen molar-refractivity contribution in [3.05, 3.63) is 35.8 Å². The second-order valence-corrected chi connectivity index (χ2v) is 12.4. The van der Waals surface area contributed by atoms with Crippen molar-refractivity contribution in [3.63, 3.8) is 0 Å². The molecule has 1 aliphatic heterocycles. The normalized spacial score (nSPS) is 41.1. The quantitative estimate of drug-likeness (QED) is 0.399. The third kappa shape index (κ3) is 3.64. The van der Waals surface area contributed by atoms with Gasteiger partial charge in [-0.25, -0.2) is 4.79 Å². The van der Waals surface area contributed by atoms with Crippen LogP contribution in [0.25, 0.3) is 0 Å². The molecule has 8 atom stereocenters. The lowest BCUT2D eigenvalue weighted by Gasteiger charge is -2.68. The highest BCUT2D eigenvalue weighted by atomic mass is 16.6. The Bertz CT molecular complexity index is 1090. The van der Waals surface area contributed by atoms with Gasteiger partial charge >= 0.3 is 17.9 Å². The van der Waals surface area contributed by atoms with Gasteiger partial charge in [-0.1, -0.05) is 27.7 Å². The third-order valence-corrected chi connectivity index (χ3v) is 10.3. The van der Waals surface area contributed by atoms with E-state index in [2.05, 4.69) is 27.7 Å². The summed E-state index contributed by atoms with van der Waals surface area (Å²) in [5.74, 6) is -0.550. The number of ether oxygens (including phenoxy) is 3. The van der Waals surface area contributed by atoms with E-state index in [-0.39, 0.29) is 52.6 Å². The number of carbonyl (C=O) groups is 3. The van der Waals surface area contributed by atoms with Gasteiger partial charge < -0.3 is 18.6 Å². The van der Waals surface area contributed by atoms with Crippen LogP contribution in [0.15, 0.2) is 34.7 Å². The molecule has 0 saturated heterocycles. The summed E-state index contributed by atoms with van der Waals surface area (Å²) < 4.78 is 23.1. The number of esters is 3. The van der Waals surface area contributed by atoms with Crippen LogP contribution in [0.3, 0.4) is 0 Å². The van der Waals surface area contributed by atoms with Crippen molar-refractivity contribution in [2.24, 2.45) is 34.0 Å². The van der Waals surface area contributed by atoms with Crippen LogP contribution in [0.4, 0.5) is 0 Å². The highest BCUT2D eigenvalue weighted by Gasteiger charge is 2.68. The number of hydrogen-bond acceptors (Lipinski definition) is 7. The Morgan fingerprint density at radius 3 is 2.31 bits per heavy atom. The monoisotopic (exact) mass is 498 g/mol. The molecule has 196 valence electrons. The average Bonchev–Trinajstić information content (AvgIpc) is 3.32. The molecule has 5 rings (SSSR count). The molecule has 7 heteroatoms. The first-order chi connectivity index (χ1) is 16.9. The van der Waals surface area contributed by atoms with Gasteiger partial charge in [0.15, 0.2) is 0 Å². The topological polar surface area (TPSA) is 92.0 Å². The molecular weight excluding hydrogens is 460 g/mol. The van der Waals surface area contributed by atoms with Crippen LogP contribution in [0, 0.1) is 34.0 Å². The maximum Gasteiger partial charge on any atom is 0.331 e. The Labute approximate surface area is 212 Å². The number of rotatable bonds is 3.